The van der Waals surface area contributed by atoms with Gasteiger partial charge in [-0.05, 0) is 32.7 Å². The van der Waals surface area contributed by atoms with Gasteiger partial charge in [0.1, 0.15) is 0 Å². The average Bonchev–Trinajstić information content (AvgIpc) is 2.01. The van der Waals surface area contributed by atoms with Crippen molar-refractivity contribution in [2.45, 2.75) is 38.0 Å². The number of rotatable bonds is 5. The van der Waals surface area contributed by atoms with Crippen LogP contribution in [-0.2, 0) is 10.0 Å². The number of hydrogen-bond donors (Lipinski definition) is 2. The van der Waals surface area contributed by atoms with Crippen molar-refractivity contribution < 1.29 is 8.42 Å². The van der Waals surface area contributed by atoms with Crippen LogP contribution in [0.15, 0.2) is 0 Å². The van der Waals surface area contributed by atoms with Crippen LogP contribution in [0.4, 0.5) is 0 Å². The van der Waals surface area contributed by atoms with E-state index < -0.39 is 10.0 Å². The highest BCUT2D eigenvalue weighted by molar-refractivity contribution is 7.90. The van der Waals surface area contributed by atoms with Gasteiger partial charge >= 0.3 is 0 Å². The maximum Gasteiger partial charge on any atom is 0.215 e. The van der Waals surface area contributed by atoms with Crippen LogP contribution in [0.5, 0.6) is 0 Å². The first-order valence-electron chi connectivity index (χ1n) is 5.11. The summed E-state index contributed by atoms with van der Waals surface area (Å²) in [7, 11) is -1.36. The molecule has 0 radical (unpaired) electrons. The maximum atomic E-state index is 11.7. The molecule has 0 aromatic heterocycles. The van der Waals surface area contributed by atoms with Crippen molar-refractivity contribution in [2.24, 2.45) is 5.92 Å². The molecule has 0 amide bonds. The predicted octanol–water partition coefficient (Wildman–Crippen LogP) is 0.312. The minimum Gasteiger partial charge on any atom is -0.318 e. The van der Waals surface area contributed by atoms with Gasteiger partial charge in [-0.3, -0.25) is 0 Å². The molecule has 0 saturated heterocycles. The summed E-state index contributed by atoms with van der Waals surface area (Å²) in [5, 5.41) is 2.51. The van der Waals surface area contributed by atoms with Crippen LogP contribution in [0.25, 0.3) is 0 Å². The van der Waals surface area contributed by atoms with Crippen LogP contribution in [0.1, 0.15) is 26.7 Å². The first-order valence-corrected chi connectivity index (χ1v) is 6.66. The van der Waals surface area contributed by atoms with E-state index in [-0.39, 0.29) is 11.3 Å². The molecule has 14 heavy (non-hydrogen) atoms. The monoisotopic (exact) mass is 220 g/mol. The fraction of sp³-hybridized carbons (Fsp3) is 1.00. The lowest BCUT2D eigenvalue weighted by Crippen LogP contribution is -2.48. The van der Waals surface area contributed by atoms with E-state index in [0.717, 1.165) is 12.8 Å². The Labute approximate surface area is 86.5 Å². The van der Waals surface area contributed by atoms with Gasteiger partial charge in [0.05, 0.1) is 5.25 Å². The normalized spacial score (nSPS) is 29.6. The molecular formula is C9H20N2O2S. The molecule has 4 nitrogen and oxygen atoms in total. The second-order valence-electron chi connectivity index (χ2n) is 4.30. The Morgan fingerprint density at radius 1 is 1.43 bits per heavy atom. The Balaban J connectivity index is 2.41. The number of sulfonamides is 1. The molecule has 1 unspecified atom stereocenters. The maximum absolute atomic E-state index is 11.7. The van der Waals surface area contributed by atoms with Crippen LogP contribution >= 0.6 is 0 Å². The zero-order chi connectivity index (χ0) is 10.8. The van der Waals surface area contributed by atoms with Gasteiger partial charge in [0.15, 0.2) is 0 Å². The third-order valence-corrected chi connectivity index (χ3v) is 4.61. The molecule has 1 atom stereocenters. The first-order chi connectivity index (χ1) is 6.45. The van der Waals surface area contributed by atoms with Gasteiger partial charge in [0.2, 0.25) is 10.0 Å². The third-order valence-electron chi connectivity index (χ3n) is 2.73. The summed E-state index contributed by atoms with van der Waals surface area (Å²) in [6.07, 6.45) is 1.96. The highest BCUT2D eigenvalue weighted by atomic mass is 32.2. The van der Waals surface area contributed by atoms with E-state index in [0.29, 0.717) is 12.5 Å². The second-order valence-corrected chi connectivity index (χ2v) is 6.44. The van der Waals surface area contributed by atoms with Gasteiger partial charge in [-0.1, -0.05) is 6.92 Å². The summed E-state index contributed by atoms with van der Waals surface area (Å²) in [5.74, 6) is 0.669. The molecule has 0 aliphatic heterocycles. The minimum absolute atomic E-state index is 0.175. The van der Waals surface area contributed by atoms with Crippen LogP contribution in [-0.4, -0.2) is 33.3 Å². The Morgan fingerprint density at radius 2 is 2.00 bits per heavy atom. The molecule has 0 aromatic carbocycles. The zero-order valence-electron chi connectivity index (χ0n) is 9.08. The largest absolute Gasteiger partial charge is 0.318 e. The van der Waals surface area contributed by atoms with E-state index in [9.17, 15) is 8.42 Å². The van der Waals surface area contributed by atoms with Crippen molar-refractivity contribution in [1.29, 1.82) is 0 Å². The third kappa shape index (κ3) is 2.93. The van der Waals surface area contributed by atoms with Crippen molar-refractivity contribution >= 4 is 10.0 Å². The van der Waals surface area contributed by atoms with Gasteiger partial charge < -0.3 is 5.32 Å². The molecule has 0 bridgehead atoms. The van der Waals surface area contributed by atoms with E-state index in [2.05, 4.69) is 17.0 Å². The van der Waals surface area contributed by atoms with Crippen molar-refractivity contribution in [3.8, 4) is 0 Å². The molecule has 1 aliphatic rings. The Kier molecular flexibility index (Phi) is 3.92. The lowest BCUT2D eigenvalue weighted by molar-refractivity contribution is 0.269. The fourth-order valence-corrected chi connectivity index (χ4v) is 3.02. The summed E-state index contributed by atoms with van der Waals surface area (Å²) in [6, 6.07) is 0.175. The zero-order valence-corrected chi connectivity index (χ0v) is 9.89. The molecule has 0 aromatic rings. The summed E-state index contributed by atoms with van der Waals surface area (Å²) >= 11 is 0. The lowest BCUT2D eigenvalue weighted by atomic mass is 9.83. The topological polar surface area (TPSA) is 58.2 Å². The van der Waals surface area contributed by atoms with Gasteiger partial charge in [-0.25, -0.2) is 13.1 Å². The summed E-state index contributed by atoms with van der Waals surface area (Å²) in [4.78, 5) is 0. The summed E-state index contributed by atoms with van der Waals surface area (Å²) < 4.78 is 26.1. The van der Waals surface area contributed by atoms with Gasteiger partial charge in [0.25, 0.3) is 0 Å². The molecule has 84 valence electrons. The minimum atomic E-state index is -3.12. The lowest BCUT2D eigenvalue weighted by Gasteiger charge is -2.33. The highest BCUT2D eigenvalue weighted by Crippen LogP contribution is 2.27. The van der Waals surface area contributed by atoms with Gasteiger partial charge in [-0.15, -0.1) is 0 Å². The van der Waals surface area contributed by atoms with Crippen LogP contribution in [0, 0.1) is 5.92 Å². The van der Waals surface area contributed by atoms with E-state index in [1.54, 1.807) is 14.0 Å². The smallest absolute Gasteiger partial charge is 0.215 e. The Hall–Kier alpha value is -0.130. The van der Waals surface area contributed by atoms with Crippen LogP contribution in [0.2, 0.25) is 0 Å². The SMILES string of the molecule is CNCC(C)S(=O)(=O)NC1CC(C)C1. The molecule has 1 aliphatic carbocycles. The number of nitrogens with one attached hydrogen (secondary N) is 2. The first kappa shape index (κ1) is 11.9. The van der Waals surface area contributed by atoms with E-state index in [1.165, 1.54) is 0 Å². The molecule has 1 rings (SSSR count). The Morgan fingerprint density at radius 3 is 2.43 bits per heavy atom. The van der Waals surface area contributed by atoms with Crippen molar-refractivity contribution in [1.82, 2.24) is 10.0 Å². The van der Waals surface area contributed by atoms with Crippen LogP contribution < -0.4 is 10.0 Å². The standard InChI is InChI=1S/C9H20N2O2S/c1-7-4-9(5-7)11-14(12,13)8(2)6-10-3/h7-11H,4-6H2,1-3H3. The van der Waals surface area contributed by atoms with E-state index in [1.807, 2.05) is 0 Å². The number of hydrogen-bond acceptors (Lipinski definition) is 3. The second kappa shape index (κ2) is 4.59. The molecular weight excluding hydrogens is 200 g/mol. The molecule has 0 heterocycles. The van der Waals surface area contributed by atoms with Crippen molar-refractivity contribution in [3.63, 3.8) is 0 Å². The summed E-state index contributed by atoms with van der Waals surface area (Å²) in [5.41, 5.74) is 0. The predicted molar refractivity (Wildman–Crippen MR) is 57.6 cm³/mol. The molecule has 5 heteroatoms. The molecule has 0 spiro atoms. The fourth-order valence-electron chi connectivity index (χ4n) is 1.74. The molecule has 1 saturated carbocycles. The van der Waals surface area contributed by atoms with Gasteiger partial charge in [0, 0.05) is 12.6 Å². The molecule has 2 N–H and O–H groups in total. The van der Waals surface area contributed by atoms with E-state index >= 15 is 0 Å². The summed E-state index contributed by atoms with van der Waals surface area (Å²) in [6.45, 7) is 4.36. The quantitative estimate of drug-likeness (QED) is 0.701. The van der Waals surface area contributed by atoms with Crippen molar-refractivity contribution in [2.75, 3.05) is 13.6 Å². The van der Waals surface area contributed by atoms with Crippen molar-refractivity contribution in [3.05, 3.63) is 0 Å². The Bertz CT molecular complexity index is 271. The van der Waals surface area contributed by atoms with Crippen LogP contribution in [0.3, 0.4) is 0 Å². The van der Waals surface area contributed by atoms with Gasteiger partial charge in [-0.2, -0.15) is 0 Å². The molecule has 1 fully saturated rings. The average molecular weight is 220 g/mol. The van der Waals surface area contributed by atoms with E-state index in [4.69, 9.17) is 0 Å². The highest BCUT2D eigenvalue weighted by Gasteiger charge is 2.31.